The molecule has 3 heterocycles. The third-order valence-electron chi connectivity index (χ3n) is 6.09. The largest absolute Gasteiger partial charge is 0.368 e. The van der Waals surface area contributed by atoms with Crippen molar-refractivity contribution in [3.63, 3.8) is 0 Å². The number of piperazine rings is 1. The lowest BCUT2D eigenvalue weighted by molar-refractivity contribution is -0.137. The number of hydrogen-bond acceptors (Lipinski definition) is 5. The van der Waals surface area contributed by atoms with Crippen LogP contribution in [0, 0.1) is 5.92 Å². The Hall–Kier alpha value is -2.39. The summed E-state index contributed by atoms with van der Waals surface area (Å²) in [5.74, 6) is 0.0583. The van der Waals surface area contributed by atoms with E-state index < -0.39 is 10.0 Å². The molecule has 2 saturated heterocycles. The number of imidazole rings is 1. The number of hydrogen-bond donors (Lipinski definition) is 0. The zero-order valence-electron chi connectivity index (χ0n) is 17.4. The summed E-state index contributed by atoms with van der Waals surface area (Å²) < 4.78 is 28.8. The maximum absolute atomic E-state index is 13.0. The number of para-hydroxylation sites is 1. The van der Waals surface area contributed by atoms with Crippen LogP contribution in [0.3, 0.4) is 0 Å². The predicted molar refractivity (Wildman–Crippen MR) is 115 cm³/mol. The Bertz CT molecular complexity index is 960. The second kappa shape index (κ2) is 8.77. The number of rotatable bonds is 5. The van der Waals surface area contributed by atoms with Crippen molar-refractivity contribution < 1.29 is 13.2 Å². The molecule has 2 fully saturated rings. The highest BCUT2D eigenvalue weighted by Gasteiger charge is 2.35. The van der Waals surface area contributed by atoms with Crippen LogP contribution in [0.2, 0.25) is 0 Å². The highest BCUT2D eigenvalue weighted by molar-refractivity contribution is 7.89. The zero-order chi connectivity index (χ0) is 21.1. The number of amides is 1. The lowest BCUT2D eigenvalue weighted by Gasteiger charge is -2.39. The highest BCUT2D eigenvalue weighted by atomic mass is 32.2. The third kappa shape index (κ3) is 4.22. The van der Waals surface area contributed by atoms with Gasteiger partial charge in [0.15, 0.2) is 5.03 Å². The number of piperidine rings is 1. The Labute approximate surface area is 178 Å². The van der Waals surface area contributed by atoms with Crippen molar-refractivity contribution in [2.24, 2.45) is 5.92 Å². The summed E-state index contributed by atoms with van der Waals surface area (Å²) in [7, 11) is -3.59. The van der Waals surface area contributed by atoms with E-state index >= 15 is 0 Å². The quantitative estimate of drug-likeness (QED) is 0.719. The predicted octanol–water partition coefficient (Wildman–Crippen LogP) is 1.65. The fourth-order valence-corrected chi connectivity index (χ4v) is 5.61. The van der Waals surface area contributed by atoms with E-state index in [1.165, 1.54) is 16.3 Å². The first-order chi connectivity index (χ1) is 14.5. The Morgan fingerprint density at radius 3 is 2.30 bits per heavy atom. The van der Waals surface area contributed by atoms with E-state index in [2.05, 4.69) is 22.0 Å². The Morgan fingerprint density at radius 2 is 1.70 bits per heavy atom. The fourth-order valence-electron chi connectivity index (χ4n) is 4.20. The zero-order valence-corrected chi connectivity index (χ0v) is 18.2. The summed E-state index contributed by atoms with van der Waals surface area (Å²) in [4.78, 5) is 21.3. The molecule has 0 radical (unpaired) electrons. The van der Waals surface area contributed by atoms with Crippen LogP contribution >= 0.6 is 0 Å². The monoisotopic (exact) mass is 431 g/mol. The maximum Gasteiger partial charge on any atom is 0.262 e. The van der Waals surface area contributed by atoms with Gasteiger partial charge in [0, 0.05) is 63.6 Å². The van der Waals surface area contributed by atoms with E-state index in [9.17, 15) is 13.2 Å². The van der Waals surface area contributed by atoms with Crippen molar-refractivity contribution in [3.05, 3.63) is 42.9 Å². The molecule has 0 unspecified atom stereocenters. The standard InChI is InChI=1S/C21H29N5O3S/c1-2-23-16-20(22-17-23)30(28,29)26-10-8-18(9-11-26)21(27)25-14-12-24(13-15-25)19-6-4-3-5-7-19/h3-7,16-18H,2,8-15H2,1H3. The van der Waals surface area contributed by atoms with Gasteiger partial charge in [0.05, 0.1) is 6.33 Å². The maximum atomic E-state index is 13.0. The molecule has 1 aromatic heterocycles. The number of benzene rings is 1. The van der Waals surface area contributed by atoms with Gasteiger partial charge in [-0.05, 0) is 31.9 Å². The smallest absolute Gasteiger partial charge is 0.262 e. The van der Waals surface area contributed by atoms with Crippen molar-refractivity contribution in [2.45, 2.75) is 31.3 Å². The highest BCUT2D eigenvalue weighted by Crippen LogP contribution is 2.25. The summed E-state index contributed by atoms with van der Waals surface area (Å²) in [6, 6.07) is 10.3. The van der Waals surface area contributed by atoms with Gasteiger partial charge >= 0.3 is 0 Å². The average Bonchev–Trinajstić information content (AvgIpc) is 3.30. The first-order valence-electron chi connectivity index (χ1n) is 10.6. The molecular weight excluding hydrogens is 402 g/mol. The minimum atomic E-state index is -3.59. The Balaban J connectivity index is 1.30. The Morgan fingerprint density at radius 1 is 1.03 bits per heavy atom. The summed E-state index contributed by atoms with van der Waals surface area (Å²) in [6.07, 6.45) is 4.23. The van der Waals surface area contributed by atoms with E-state index in [0.29, 0.717) is 45.6 Å². The number of anilines is 1. The third-order valence-corrected chi connectivity index (χ3v) is 7.88. The van der Waals surface area contributed by atoms with Crippen LogP contribution in [0.15, 0.2) is 47.9 Å². The molecule has 0 aliphatic carbocycles. The number of aromatic nitrogens is 2. The van der Waals surface area contributed by atoms with E-state index in [0.717, 1.165) is 13.1 Å². The van der Waals surface area contributed by atoms with Gasteiger partial charge in [0.25, 0.3) is 10.0 Å². The summed E-state index contributed by atoms with van der Waals surface area (Å²) >= 11 is 0. The molecular formula is C21H29N5O3S. The van der Waals surface area contributed by atoms with Crippen molar-refractivity contribution in [1.29, 1.82) is 0 Å². The lowest BCUT2D eigenvalue weighted by Crippen LogP contribution is -2.52. The molecule has 0 N–H and O–H groups in total. The minimum absolute atomic E-state index is 0.0890. The molecule has 2 aliphatic heterocycles. The molecule has 0 atom stereocenters. The van der Waals surface area contributed by atoms with Gasteiger partial charge in [0.2, 0.25) is 5.91 Å². The second-order valence-corrected chi connectivity index (χ2v) is 9.75. The molecule has 2 aromatic rings. The van der Waals surface area contributed by atoms with Crippen LogP contribution < -0.4 is 4.90 Å². The summed E-state index contributed by atoms with van der Waals surface area (Å²) in [6.45, 7) is 6.41. The molecule has 8 nitrogen and oxygen atoms in total. The molecule has 2 aliphatic rings. The van der Waals surface area contributed by atoms with Gasteiger partial charge in [0.1, 0.15) is 0 Å². The number of carbonyl (C=O) groups is 1. The van der Waals surface area contributed by atoms with Gasteiger partial charge in [-0.25, -0.2) is 13.4 Å². The van der Waals surface area contributed by atoms with Gasteiger partial charge in [-0.2, -0.15) is 4.31 Å². The molecule has 162 valence electrons. The second-order valence-electron chi connectivity index (χ2n) is 7.87. The van der Waals surface area contributed by atoms with Crippen LogP contribution in [0.1, 0.15) is 19.8 Å². The first-order valence-corrected chi connectivity index (χ1v) is 12.0. The lowest BCUT2D eigenvalue weighted by atomic mass is 9.96. The normalized spacial score (nSPS) is 19.2. The van der Waals surface area contributed by atoms with E-state index in [-0.39, 0.29) is 16.9 Å². The van der Waals surface area contributed by atoms with Crippen molar-refractivity contribution in [2.75, 3.05) is 44.2 Å². The molecule has 0 saturated carbocycles. The van der Waals surface area contributed by atoms with E-state index in [1.54, 1.807) is 10.8 Å². The molecule has 1 amide bonds. The van der Waals surface area contributed by atoms with Gasteiger partial charge in [-0.3, -0.25) is 4.79 Å². The van der Waals surface area contributed by atoms with Crippen LogP contribution in [0.4, 0.5) is 5.69 Å². The molecule has 1 aromatic carbocycles. The van der Waals surface area contributed by atoms with Gasteiger partial charge < -0.3 is 14.4 Å². The molecule has 30 heavy (non-hydrogen) atoms. The molecule has 4 rings (SSSR count). The minimum Gasteiger partial charge on any atom is -0.368 e. The molecule has 9 heteroatoms. The fraction of sp³-hybridized carbons (Fsp3) is 0.524. The van der Waals surface area contributed by atoms with Crippen molar-refractivity contribution >= 4 is 21.6 Å². The summed E-state index contributed by atoms with van der Waals surface area (Å²) in [5.41, 5.74) is 1.19. The number of sulfonamides is 1. The first kappa shape index (κ1) is 20.9. The van der Waals surface area contributed by atoms with E-state index in [1.807, 2.05) is 30.0 Å². The van der Waals surface area contributed by atoms with Crippen molar-refractivity contribution in [3.8, 4) is 0 Å². The molecule has 0 bridgehead atoms. The summed E-state index contributed by atoms with van der Waals surface area (Å²) in [5, 5.41) is 0.0890. The molecule has 0 spiro atoms. The van der Waals surface area contributed by atoms with Gasteiger partial charge in [-0.1, -0.05) is 18.2 Å². The van der Waals surface area contributed by atoms with Crippen LogP contribution in [0.5, 0.6) is 0 Å². The number of nitrogens with zero attached hydrogens (tertiary/aromatic N) is 5. The average molecular weight is 432 g/mol. The SMILES string of the molecule is CCn1cnc(S(=O)(=O)N2CCC(C(=O)N3CCN(c4ccccc4)CC3)CC2)c1. The van der Waals surface area contributed by atoms with Gasteiger partial charge in [-0.15, -0.1) is 0 Å². The number of carbonyl (C=O) groups excluding carboxylic acids is 1. The van der Waals surface area contributed by atoms with E-state index in [4.69, 9.17) is 0 Å². The van der Waals surface area contributed by atoms with Crippen LogP contribution in [-0.4, -0.2) is 72.3 Å². The van der Waals surface area contributed by atoms with Crippen LogP contribution in [-0.2, 0) is 21.4 Å². The van der Waals surface area contributed by atoms with Crippen LogP contribution in [0.25, 0.3) is 0 Å². The Kier molecular flexibility index (Phi) is 6.10. The number of aryl methyl sites for hydroxylation is 1. The van der Waals surface area contributed by atoms with Crippen molar-refractivity contribution in [1.82, 2.24) is 18.8 Å². The topological polar surface area (TPSA) is 78.8 Å².